The van der Waals surface area contributed by atoms with Crippen LogP contribution in [0.1, 0.15) is 5.56 Å². The Hall–Kier alpha value is -3.83. The van der Waals surface area contributed by atoms with Crippen LogP contribution in [0.2, 0.25) is 0 Å². The van der Waals surface area contributed by atoms with E-state index >= 15 is 0 Å². The number of halogens is 4. The zero-order chi connectivity index (χ0) is 24.0. The number of benzene rings is 2. The molecule has 176 valence electrons. The minimum atomic E-state index is -3.20. The highest BCUT2D eigenvalue weighted by atomic mass is 19.3. The number of nitrogens with zero attached hydrogens (tertiary/aromatic N) is 3. The average Bonchev–Trinajstić information content (AvgIpc) is 2.78. The van der Waals surface area contributed by atoms with Gasteiger partial charge in [-0.3, -0.25) is 14.9 Å². The molecule has 2 aromatic rings. The molecule has 0 radical (unpaired) electrons. The molecule has 12 heteroatoms. The Balaban J connectivity index is 1.64. The van der Waals surface area contributed by atoms with Gasteiger partial charge in [-0.05, 0) is 24.3 Å². The Morgan fingerprint density at radius 2 is 1.70 bits per heavy atom. The standard InChI is InChI=1S/C21H19F4N3O5/c22-20(23)32-17-6-4-14(18(13-17)33-21(24)25)5-7-19(29)27-10-8-26(9-11-27)15-2-1-3-16(12-15)28(30)31/h1-7,12-13,20-21H,8-11H2/b7-5+. The first kappa shape index (κ1) is 23.8. The Bertz CT molecular complexity index is 1030. The summed E-state index contributed by atoms with van der Waals surface area (Å²) in [5.74, 6) is -1.16. The van der Waals surface area contributed by atoms with Crippen LogP contribution < -0.4 is 14.4 Å². The van der Waals surface area contributed by atoms with E-state index in [9.17, 15) is 32.5 Å². The molecule has 1 fully saturated rings. The van der Waals surface area contributed by atoms with Gasteiger partial charge < -0.3 is 19.3 Å². The third-order valence-electron chi connectivity index (χ3n) is 4.83. The first-order valence-electron chi connectivity index (χ1n) is 9.73. The highest BCUT2D eigenvalue weighted by molar-refractivity contribution is 5.92. The quantitative estimate of drug-likeness (QED) is 0.250. The van der Waals surface area contributed by atoms with Gasteiger partial charge in [0.25, 0.3) is 5.69 Å². The number of nitro benzene ring substituents is 1. The summed E-state index contributed by atoms with van der Waals surface area (Å²) in [6.07, 6.45) is 2.42. The summed E-state index contributed by atoms with van der Waals surface area (Å²) in [5, 5.41) is 11.0. The third-order valence-corrected chi connectivity index (χ3v) is 4.83. The van der Waals surface area contributed by atoms with Crippen LogP contribution in [0.3, 0.4) is 0 Å². The highest BCUT2D eigenvalue weighted by Gasteiger charge is 2.21. The summed E-state index contributed by atoms with van der Waals surface area (Å²) >= 11 is 0. The van der Waals surface area contributed by atoms with E-state index in [1.165, 1.54) is 35.3 Å². The second kappa shape index (κ2) is 10.7. The maximum atomic E-state index is 12.7. The fourth-order valence-electron chi connectivity index (χ4n) is 3.28. The van der Waals surface area contributed by atoms with Crippen LogP contribution in [0.5, 0.6) is 11.5 Å². The molecule has 1 heterocycles. The van der Waals surface area contributed by atoms with E-state index < -0.39 is 23.9 Å². The van der Waals surface area contributed by atoms with Crippen molar-refractivity contribution in [3.8, 4) is 11.5 Å². The van der Waals surface area contributed by atoms with Gasteiger partial charge in [0, 0.05) is 61.7 Å². The Kier molecular flexibility index (Phi) is 7.70. The number of carbonyl (C=O) groups is 1. The topological polar surface area (TPSA) is 85.2 Å². The molecule has 0 N–H and O–H groups in total. The van der Waals surface area contributed by atoms with E-state index in [1.807, 2.05) is 4.90 Å². The second-order valence-electron chi connectivity index (χ2n) is 6.88. The zero-order valence-corrected chi connectivity index (χ0v) is 17.1. The number of hydrogen-bond acceptors (Lipinski definition) is 6. The van der Waals surface area contributed by atoms with Gasteiger partial charge in [-0.1, -0.05) is 6.07 Å². The number of hydrogen-bond donors (Lipinski definition) is 0. The molecule has 3 rings (SSSR count). The smallest absolute Gasteiger partial charge is 0.387 e. The van der Waals surface area contributed by atoms with Crippen molar-refractivity contribution >= 4 is 23.4 Å². The molecule has 1 aliphatic heterocycles. The molecule has 0 saturated carbocycles. The molecule has 33 heavy (non-hydrogen) atoms. The summed E-state index contributed by atoms with van der Waals surface area (Å²) in [5.41, 5.74) is 0.730. The lowest BCUT2D eigenvalue weighted by Gasteiger charge is -2.35. The van der Waals surface area contributed by atoms with Crippen molar-refractivity contribution in [1.82, 2.24) is 4.90 Å². The highest BCUT2D eigenvalue weighted by Crippen LogP contribution is 2.29. The lowest BCUT2D eigenvalue weighted by atomic mass is 10.1. The molecular weight excluding hydrogens is 450 g/mol. The molecule has 0 bridgehead atoms. The molecule has 0 atom stereocenters. The number of alkyl halides is 4. The predicted octanol–water partition coefficient (Wildman–Crippen LogP) is 4.16. The molecule has 2 aromatic carbocycles. The largest absolute Gasteiger partial charge is 0.435 e. The van der Waals surface area contributed by atoms with E-state index in [1.54, 1.807) is 12.1 Å². The van der Waals surface area contributed by atoms with Gasteiger partial charge in [-0.15, -0.1) is 0 Å². The molecule has 0 aromatic heterocycles. The van der Waals surface area contributed by atoms with Crippen molar-refractivity contribution < 1.29 is 36.8 Å². The van der Waals surface area contributed by atoms with E-state index in [0.717, 1.165) is 12.1 Å². The predicted molar refractivity (Wildman–Crippen MR) is 111 cm³/mol. The van der Waals surface area contributed by atoms with Crippen LogP contribution in [0.15, 0.2) is 48.5 Å². The van der Waals surface area contributed by atoms with Crippen molar-refractivity contribution in [1.29, 1.82) is 0 Å². The number of ether oxygens (including phenoxy) is 2. The van der Waals surface area contributed by atoms with E-state index in [0.29, 0.717) is 31.9 Å². The van der Waals surface area contributed by atoms with Crippen molar-refractivity contribution in [2.75, 3.05) is 31.1 Å². The summed E-state index contributed by atoms with van der Waals surface area (Å²) in [7, 11) is 0. The number of rotatable bonds is 8. The maximum Gasteiger partial charge on any atom is 0.387 e. The van der Waals surface area contributed by atoms with E-state index in [4.69, 9.17) is 0 Å². The first-order chi connectivity index (χ1) is 15.7. The van der Waals surface area contributed by atoms with Crippen molar-refractivity contribution in [2.45, 2.75) is 13.2 Å². The molecule has 1 saturated heterocycles. The van der Waals surface area contributed by atoms with Crippen LogP contribution in [0.25, 0.3) is 6.08 Å². The van der Waals surface area contributed by atoms with Gasteiger partial charge in [-0.25, -0.2) is 0 Å². The number of amides is 1. The molecule has 1 amide bonds. The first-order valence-corrected chi connectivity index (χ1v) is 9.73. The minimum Gasteiger partial charge on any atom is -0.435 e. The molecule has 0 spiro atoms. The minimum absolute atomic E-state index is 0.0271. The van der Waals surface area contributed by atoms with Crippen molar-refractivity contribution in [3.63, 3.8) is 0 Å². The average molecular weight is 469 g/mol. The van der Waals surface area contributed by atoms with Crippen LogP contribution in [0.4, 0.5) is 28.9 Å². The number of anilines is 1. The second-order valence-corrected chi connectivity index (χ2v) is 6.88. The Labute approximate surface area is 185 Å². The van der Waals surface area contributed by atoms with Crippen LogP contribution in [-0.4, -0.2) is 55.1 Å². The fourth-order valence-corrected chi connectivity index (χ4v) is 3.28. The Morgan fingerprint density at radius 3 is 2.33 bits per heavy atom. The zero-order valence-electron chi connectivity index (χ0n) is 17.1. The van der Waals surface area contributed by atoms with Crippen LogP contribution >= 0.6 is 0 Å². The number of carbonyl (C=O) groups excluding carboxylic acids is 1. The molecule has 0 unspecified atom stereocenters. The van der Waals surface area contributed by atoms with E-state index in [-0.39, 0.29) is 22.9 Å². The maximum absolute atomic E-state index is 12.7. The monoisotopic (exact) mass is 469 g/mol. The summed E-state index contributed by atoms with van der Waals surface area (Å²) in [6, 6.07) is 9.45. The molecular formula is C21H19F4N3O5. The number of nitro groups is 1. The van der Waals surface area contributed by atoms with Gasteiger partial charge in [-0.2, -0.15) is 17.6 Å². The fraction of sp³-hybridized carbons (Fsp3) is 0.286. The van der Waals surface area contributed by atoms with Crippen molar-refractivity contribution in [2.24, 2.45) is 0 Å². The Morgan fingerprint density at radius 1 is 1.00 bits per heavy atom. The van der Waals surface area contributed by atoms with E-state index in [2.05, 4.69) is 9.47 Å². The van der Waals surface area contributed by atoms with Crippen molar-refractivity contribution in [3.05, 3.63) is 64.2 Å². The third kappa shape index (κ3) is 6.57. The number of piperazine rings is 1. The summed E-state index contributed by atoms with van der Waals surface area (Å²) < 4.78 is 58.6. The summed E-state index contributed by atoms with van der Waals surface area (Å²) in [4.78, 5) is 26.4. The number of non-ortho nitro benzene ring substituents is 1. The normalized spacial score (nSPS) is 14.2. The lowest BCUT2D eigenvalue weighted by Crippen LogP contribution is -2.48. The van der Waals surface area contributed by atoms with Gasteiger partial charge in [0.1, 0.15) is 11.5 Å². The van der Waals surface area contributed by atoms with Gasteiger partial charge in [0.2, 0.25) is 5.91 Å². The SMILES string of the molecule is O=C(/C=C/c1ccc(OC(F)F)cc1OC(F)F)N1CCN(c2cccc([N+](=O)[O-])c2)CC1. The molecule has 8 nitrogen and oxygen atoms in total. The van der Waals surface area contributed by atoms with Crippen LogP contribution in [-0.2, 0) is 4.79 Å². The van der Waals surface area contributed by atoms with Gasteiger partial charge >= 0.3 is 13.2 Å². The van der Waals surface area contributed by atoms with Crippen LogP contribution in [0, 0.1) is 10.1 Å². The summed E-state index contributed by atoms with van der Waals surface area (Å²) in [6.45, 7) is -4.76. The molecule has 0 aliphatic carbocycles. The lowest BCUT2D eigenvalue weighted by molar-refractivity contribution is -0.384. The van der Waals surface area contributed by atoms with Gasteiger partial charge in [0.15, 0.2) is 0 Å². The van der Waals surface area contributed by atoms with Gasteiger partial charge in [0.05, 0.1) is 4.92 Å². The molecule has 1 aliphatic rings.